The number of methoxy groups -OCH3 is 1. The number of hydrogen-bond acceptors (Lipinski definition) is 6. The summed E-state index contributed by atoms with van der Waals surface area (Å²) in [6, 6.07) is 21.8. The molecule has 3 aromatic rings. The lowest BCUT2D eigenvalue weighted by molar-refractivity contribution is 0.0385. The van der Waals surface area contributed by atoms with Gasteiger partial charge in [0.2, 0.25) is 0 Å². The largest absolute Gasteiger partial charge is 0.489 e. The molecular formula is C28H32N2O4. The van der Waals surface area contributed by atoms with Crippen molar-refractivity contribution < 1.29 is 19.0 Å². The highest BCUT2D eigenvalue weighted by Gasteiger charge is 2.10. The van der Waals surface area contributed by atoms with Gasteiger partial charge in [0.15, 0.2) is 0 Å². The van der Waals surface area contributed by atoms with Gasteiger partial charge in [-0.15, -0.1) is 0 Å². The first-order valence-corrected chi connectivity index (χ1v) is 11.7. The molecule has 1 aliphatic heterocycles. The predicted molar refractivity (Wildman–Crippen MR) is 135 cm³/mol. The van der Waals surface area contributed by atoms with Gasteiger partial charge in [0, 0.05) is 38.1 Å². The molecule has 1 N–H and O–H groups in total. The van der Waals surface area contributed by atoms with Crippen LogP contribution in [-0.4, -0.2) is 70.5 Å². The minimum absolute atomic E-state index is 0.333. The van der Waals surface area contributed by atoms with Gasteiger partial charge in [-0.3, -0.25) is 4.90 Å². The van der Waals surface area contributed by atoms with Crippen LogP contribution in [0.4, 0.5) is 0 Å². The Morgan fingerprint density at radius 1 is 1.03 bits per heavy atom. The van der Waals surface area contributed by atoms with E-state index in [0.717, 1.165) is 67.1 Å². The predicted octanol–water partition coefficient (Wildman–Crippen LogP) is 4.01. The first kappa shape index (κ1) is 24.0. The third kappa shape index (κ3) is 6.67. The van der Waals surface area contributed by atoms with E-state index >= 15 is 0 Å². The summed E-state index contributed by atoms with van der Waals surface area (Å²) in [6.45, 7) is 6.67. The van der Waals surface area contributed by atoms with Crippen LogP contribution in [0.3, 0.4) is 0 Å². The van der Waals surface area contributed by atoms with Crippen molar-refractivity contribution >= 4 is 22.8 Å². The van der Waals surface area contributed by atoms with Crippen LogP contribution in [0.15, 0.2) is 72.3 Å². The van der Waals surface area contributed by atoms with E-state index in [9.17, 15) is 4.79 Å². The van der Waals surface area contributed by atoms with Gasteiger partial charge in [-0.05, 0) is 34.7 Å². The van der Waals surface area contributed by atoms with E-state index in [1.54, 1.807) is 12.1 Å². The highest BCUT2D eigenvalue weighted by molar-refractivity contribution is 5.89. The first-order chi connectivity index (χ1) is 16.7. The van der Waals surface area contributed by atoms with Crippen LogP contribution in [0.2, 0.25) is 0 Å². The number of nitrogens with zero attached hydrogens (tertiary/aromatic N) is 1. The molecule has 0 amide bonds. The van der Waals surface area contributed by atoms with Crippen LogP contribution < -0.4 is 10.1 Å². The standard InChI is InChI=1S/C28H32N2O4/c1-32-28(31)25-11-9-22(10-12-25)19-23(20-29-13-14-30-15-17-33-18-16-30)21-34-27-8-4-6-24-5-2-3-7-26(24)27/h2-12,19,29H,13-18,20-21H2,1H3/b23-19-. The number of fused-ring (bicyclic) bond motifs is 1. The van der Waals surface area contributed by atoms with Gasteiger partial charge in [-0.25, -0.2) is 4.79 Å². The number of nitrogens with one attached hydrogen (secondary N) is 1. The molecule has 1 heterocycles. The molecule has 0 spiro atoms. The molecule has 0 aliphatic carbocycles. The normalized spacial score (nSPS) is 14.8. The molecule has 6 nitrogen and oxygen atoms in total. The summed E-state index contributed by atoms with van der Waals surface area (Å²) in [4.78, 5) is 14.2. The summed E-state index contributed by atoms with van der Waals surface area (Å²) in [6.07, 6.45) is 2.12. The van der Waals surface area contributed by atoms with Gasteiger partial charge < -0.3 is 19.5 Å². The summed E-state index contributed by atoms with van der Waals surface area (Å²) in [7, 11) is 1.39. The topological polar surface area (TPSA) is 60.0 Å². The first-order valence-electron chi connectivity index (χ1n) is 11.7. The zero-order valence-corrected chi connectivity index (χ0v) is 19.7. The van der Waals surface area contributed by atoms with Crippen molar-refractivity contribution in [3.63, 3.8) is 0 Å². The molecule has 6 heteroatoms. The fourth-order valence-electron chi connectivity index (χ4n) is 4.02. The number of benzene rings is 3. The third-order valence-electron chi connectivity index (χ3n) is 5.93. The maximum Gasteiger partial charge on any atom is 0.337 e. The second-order valence-corrected chi connectivity index (χ2v) is 8.31. The summed E-state index contributed by atoms with van der Waals surface area (Å²) < 4.78 is 16.5. The Kier molecular flexibility index (Phi) is 8.68. The lowest BCUT2D eigenvalue weighted by atomic mass is 10.1. The van der Waals surface area contributed by atoms with Gasteiger partial charge in [0.1, 0.15) is 12.4 Å². The Bertz CT molecular complexity index is 1100. The molecule has 0 saturated carbocycles. The van der Waals surface area contributed by atoms with E-state index in [1.165, 1.54) is 7.11 Å². The smallest absolute Gasteiger partial charge is 0.337 e. The monoisotopic (exact) mass is 460 g/mol. The molecule has 1 aliphatic rings. The Labute approximate surface area is 201 Å². The van der Waals surface area contributed by atoms with Gasteiger partial charge in [0.25, 0.3) is 0 Å². The zero-order chi connectivity index (χ0) is 23.6. The summed E-state index contributed by atoms with van der Waals surface area (Å²) in [5.74, 6) is 0.540. The Morgan fingerprint density at radius 2 is 1.79 bits per heavy atom. The maximum atomic E-state index is 11.7. The molecule has 4 rings (SSSR count). The molecule has 34 heavy (non-hydrogen) atoms. The van der Waals surface area contributed by atoms with Gasteiger partial charge >= 0.3 is 5.97 Å². The van der Waals surface area contributed by atoms with Crippen molar-refractivity contribution in [2.45, 2.75) is 0 Å². The number of carbonyl (C=O) groups is 1. The summed E-state index contributed by atoms with van der Waals surface area (Å²) in [5, 5.41) is 5.82. The van der Waals surface area contributed by atoms with Gasteiger partial charge in [0.05, 0.1) is 25.9 Å². The SMILES string of the molecule is COC(=O)c1ccc(/C=C(/CNCCN2CCOCC2)COc2cccc3ccccc23)cc1. The van der Waals surface area contributed by atoms with Crippen LogP contribution in [0, 0.1) is 0 Å². The highest BCUT2D eigenvalue weighted by Crippen LogP contribution is 2.25. The molecule has 1 saturated heterocycles. The number of morpholine rings is 1. The summed E-state index contributed by atoms with van der Waals surface area (Å²) in [5.41, 5.74) is 2.68. The van der Waals surface area contributed by atoms with Gasteiger partial charge in [-0.1, -0.05) is 54.6 Å². The highest BCUT2D eigenvalue weighted by atomic mass is 16.5. The number of carbonyl (C=O) groups excluding carboxylic acids is 1. The minimum atomic E-state index is -0.333. The lowest BCUT2D eigenvalue weighted by Gasteiger charge is -2.26. The second-order valence-electron chi connectivity index (χ2n) is 8.31. The Hall–Kier alpha value is -3.19. The van der Waals surface area contributed by atoms with Crippen molar-refractivity contribution in [2.75, 3.05) is 59.7 Å². The maximum absolute atomic E-state index is 11.7. The molecular weight excluding hydrogens is 428 g/mol. The van der Waals surface area contributed by atoms with Crippen LogP contribution in [-0.2, 0) is 9.47 Å². The molecule has 0 atom stereocenters. The third-order valence-corrected chi connectivity index (χ3v) is 5.93. The molecule has 0 bridgehead atoms. The molecule has 1 fully saturated rings. The van der Waals surface area contributed by atoms with Crippen molar-refractivity contribution in [3.8, 4) is 5.75 Å². The van der Waals surface area contributed by atoms with E-state index in [-0.39, 0.29) is 5.97 Å². The fourth-order valence-corrected chi connectivity index (χ4v) is 4.02. The van der Waals surface area contributed by atoms with Gasteiger partial charge in [-0.2, -0.15) is 0 Å². The Morgan fingerprint density at radius 3 is 2.59 bits per heavy atom. The Balaban J connectivity index is 1.43. The molecule has 0 aromatic heterocycles. The number of esters is 1. The van der Waals surface area contributed by atoms with Crippen LogP contribution in [0.25, 0.3) is 16.8 Å². The minimum Gasteiger partial charge on any atom is -0.489 e. The van der Waals surface area contributed by atoms with Crippen LogP contribution in [0.5, 0.6) is 5.75 Å². The average Bonchev–Trinajstić information content (AvgIpc) is 2.90. The molecule has 0 radical (unpaired) electrons. The van der Waals surface area contributed by atoms with Crippen LogP contribution >= 0.6 is 0 Å². The number of rotatable bonds is 10. The van der Waals surface area contributed by atoms with E-state index in [2.05, 4.69) is 34.5 Å². The van der Waals surface area contributed by atoms with E-state index in [4.69, 9.17) is 14.2 Å². The quantitative estimate of drug-likeness (QED) is 0.364. The zero-order valence-electron chi connectivity index (χ0n) is 19.7. The van der Waals surface area contributed by atoms with E-state index < -0.39 is 0 Å². The lowest BCUT2D eigenvalue weighted by Crippen LogP contribution is -2.40. The molecule has 178 valence electrons. The van der Waals surface area contributed by atoms with Crippen molar-refractivity contribution in [1.29, 1.82) is 0 Å². The fraction of sp³-hybridized carbons (Fsp3) is 0.321. The number of hydrogen-bond donors (Lipinski definition) is 1. The number of ether oxygens (including phenoxy) is 3. The van der Waals surface area contributed by atoms with Crippen molar-refractivity contribution in [3.05, 3.63) is 83.4 Å². The van der Waals surface area contributed by atoms with Crippen LogP contribution in [0.1, 0.15) is 15.9 Å². The average molecular weight is 461 g/mol. The molecule has 3 aromatic carbocycles. The van der Waals surface area contributed by atoms with Crippen molar-refractivity contribution in [1.82, 2.24) is 10.2 Å². The summed E-state index contributed by atoms with van der Waals surface area (Å²) >= 11 is 0. The second kappa shape index (κ2) is 12.3. The molecule has 0 unspecified atom stereocenters. The van der Waals surface area contributed by atoms with Crippen molar-refractivity contribution in [2.24, 2.45) is 0 Å². The van der Waals surface area contributed by atoms with E-state index in [1.807, 2.05) is 36.4 Å². The van der Waals surface area contributed by atoms with E-state index in [0.29, 0.717) is 18.7 Å².